The third-order valence-corrected chi connectivity index (χ3v) is 11.6. The Labute approximate surface area is 256 Å². The molecular formula is C39H29N4P. The van der Waals surface area contributed by atoms with Crippen LogP contribution in [0, 0.1) is 0 Å². The van der Waals surface area contributed by atoms with E-state index in [1.807, 2.05) is 36.4 Å². The summed E-state index contributed by atoms with van der Waals surface area (Å²) in [4.78, 5) is 15.4. The molecule has 4 nitrogen and oxygen atoms in total. The van der Waals surface area contributed by atoms with Crippen molar-refractivity contribution >= 4 is 39.4 Å². The van der Waals surface area contributed by atoms with Crippen molar-refractivity contribution in [2.24, 2.45) is 0 Å². The van der Waals surface area contributed by atoms with E-state index in [2.05, 4.69) is 95.6 Å². The standard InChI is InChI=1S/C39H29N4P/c1-4-14-26(15-5-1)37-40-38(27-16-6-2-7-17-27)42-39(41-37)43-32-22-12-10-21-31(32)35-33(43)25-24-30-29-20-11-13-23-34(29)44(36(30)35)28-18-8-3-9-19-28/h1-9,11,13-20,23-25H,10,12,21-22H2. The quantitative estimate of drug-likeness (QED) is 0.207. The Balaban J connectivity index is 1.41. The van der Waals surface area contributed by atoms with E-state index in [0.717, 1.165) is 24.0 Å². The number of nitrogens with zero attached hydrogens (tertiary/aromatic N) is 4. The molecule has 5 aromatic carbocycles. The summed E-state index contributed by atoms with van der Waals surface area (Å²) in [5.41, 5.74) is 6.01. The fraction of sp³-hybridized carbons (Fsp3) is 0.103. The minimum absolute atomic E-state index is 0.694. The number of benzene rings is 5. The van der Waals surface area contributed by atoms with Gasteiger partial charge in [0.1, 0.15) is 0 Å². The highest BCUT2D eigenvalue weighted by Gasteiger charge is 2.27. The fourth-order valence-electron chi connectivity index (χ4n) is 7.05. The Morgan fingerprint density at radius 2 is 1.16 bits per heavy atom. The monoisotopic (exact) mass is 584 g/mol. The highest BCUT2D eigenvalue weighted by atomic mass is 31.1. The minimum Gasteiger partial charge on any atom is -0.282 e. The van der Waals surface area contributed by atoms with Crippen LogP contribution in [-0.4, -0.2) is 19.5 Å². The van der Waals surface area contributed by atoms with Gasteiger partial charge in [-0.15, -0.1) is 0 Å². The zero-order valence-electron chi connectivity index (χ0n) is 24.2. The number of aryl methyl sites for hydroxylation is 1. The molecule has 0 bridgehead atoms. The molecule has 1 aliphatic carbocycles. The fourth-order valence-corrected chi connectivity index (χ4v) is 9.88. The van der Waals surface area contributed by atoms with Crippen LogP contribution in [0.2, 0.25) is 0 Å². The van der Waals surface area contributed by atoms with Gasteiger partial charge in [-0.2, -0.15) is 9.97 Å². The molecule has 5 heteroatoms. The number of hydrogen-bond acceptors (Lipinski definition) is 3. The lowest BCUT2D eigenvalue weighted by Gasteiger charge is -2.16. The third kappa shape index (κ3) is 3.95. The Morgan fingerprint density at radius 3 is 1.86 bits per heavy atom. The summed E-state index contributed by atoms with van der Waals surface area (Å²) >= 11 is 0. The second-order valence-corrected chi connectivity index (χ2v) is 13.6. The number of fused-ring (bicyclic) bond motifs is 7. The van der Waals surface area contributed by atoms with Gasteiger partial charge in [-0.05, 0) is 53.4 Å². The van der Waals surface area contributed by atoms with Crippen LogP contribution in [0.3, 0.4) is 0 Å². The van der Waals surface area contributed by atoms with Crippen molar-refractivity contribution in [2.75, 3.05) is 0 Å². The van der Waals surface area contributed by atoms with Gasteiger partial charge in [-0.3, -0.25) is 4.57 Å². The largest absolute Gasteiger partial charge is 0.282 e. The molecule has 1 aliphatic rings. The van der Waals surface area contributed by atoms with Crippen molar-refractivity contribution < 1.29 is 0 Å². The molecule has 0 amide bonds. The van der Waals surface area contributed by atoms with Gasteiger partial charge < -0.3 is 0 Å². The first kappa shape index (κ1) is 25.4. The van der Waals surface area contributed by atoms with Gasteiger partial charge in [0, 0.05) is 32.4 Å². The number of aromatic nitrogens is 4. The van der Waals surface area contributed by atoms with Crippen LogP contribution in [0.25, 0.3) is 65.9 Å². The zero-order chi connectivity index (χ0) is 29.0. The lowest BCUT2D eigenvalue weighted by molar-refractivity contribution is 0.661. The summed E-state index contributed by atoms with van der Waals surface area (Å²) in [6.07, 6.45) is 4.46. The Bertz CT molecular complexity index is 2260. The van der Waals surface area contributed by atoms with Crippen LogP contribution >= 0.6 is 7.53 Å². The van der Waals surface area contributed by atoms with Crippen LogP contribution in [0.15, 0.2) is 127 Å². The Kier molecular flexibility index (Phi) is 5.95. The molecule has 44 heavy (non-hydrogen) atoms. The molecule has 3 aromatic heterocycles. The van der Waals surface area contributed by atoms with E-state index in [4.69, 9.17) is 15.0 Å². The summed E-state index contributed by atoms with van der Waals surface area (Å²) < 4.78 is 2.37. The highest BCUT2D eigenvalue weighted by Crippen LogP contribution is 2.58. The van der Waals surface area contributed by atoms with Gasteiger partial charge in [0.05, 0.1) is 5.52 Å². The van der Waals surface area contributed by atoms with Crippen molar-refractivity contribution in [1.29, 1.82) is 0 Å². The summed E-state index contributed by atoms with van der Waals surface area (Å²) in [6.45, 7) is 0. The first-order valence-corrected chi connectivity index (χ1v) is 16.7. The molecule has 3 heterocycles. The molecule has 0 spiro atoms. The topological polar surface area (TPSA) is 43.6 Å². The average Bonchev–Trinajstić information content (AvgIpc) is 3.62. The van der Waals surface area contributed by atoms with E-state index >= 15 is 0 Å². The maximum atomic E-state index is 5.19. The van der Waals surface area contributed by atoms with E-state index in [-0.39, 0.29) is 0 Å². The van der Waals surface area contributed by atoms with Crippen molar-refractivity contribution in [1.82, 2.24) is 19.5 Å². The summed E-state index contributed by atoms with van der Waals surface area (Å²) in [6, 6.07) is 45.3. The maximum absolute atomic E-state index is 5.19. The molecular weight excluding hydrogens is 555 g/mol. The van der Waals surface area contributed by atoms with E-state index < -0.39 is 7.53 Å². The summed E-state index contributed by atoms with van der Waals surface area (Å²) in [5.74, 6) is 2.09. The first-order valence-electron chi connectivity index (χ1n) is 15.4. The van der Waals surface area contributed by atoms with E-state index in [1.54, 1.807) is 0 Å². The van der Waals surface area contributed by atoms with Gasteiger partial charge in [0.25, 0.3) is 0 Å². The van der Waals surface area contributed by atoms with Gasteiger partial charge >= 0.3 is 0 Å². The maximum Gasteiger partial charge on any atom is 0.238 e. The molecule has 1 unspecified atom stereocenters. The van der Waals surface area contributed by atoms with Gasteiger partial charge in [-0.1, -0.05) is 129 Å². The van der Waals surface area contributed by atoms with Crippen LogP contribution in [-0.2, 0) is 12.8 Å². The molecule has 0 saturated heterocycles. The van der Waals surface area contributed by atoms with E-state index in [1.165, 1.54) is 61.3 Å². The van der Waals surface area contributed by atoms with E-state index in [9.17, 15) is 0 Å². The predicted octanol–water partition coefficient (Wildman–Crippen LogP) is 10.3. The number of hydrogen-bond donors (Lipinski definition) is 0. The Hall–Kier alpha value is -5.05. The first-order chi connectivity index (χ1) is 21.8. The van der Waals surface area contributed by atoms with Crippen LogP contribution in [0.1, 0.15) is 24.1 Å². The van der Waals surface area contributed by atoms with Gasteiger partial charge in [0.2, 0.25) is 5.95 Å². The molecule has 0 saturated carbocycles. The average molecular weight is 585 g/mol. The van der Waals surface area contributed by atoms with Crippen molar-refractivity contribution in [2.45, 2.75) is 25.7 Å². The van der Waals surface area contributed by atoms with Crippen LogP contribution in [0.4, 0.5) is 0 Å². The normalized spacial score (nSPS) is 13.5. The van der Waals surface area contributed by atoms with Gasteiger partial charge in [0.15, 0.2) is 11.6 Å². The number of rotatable bonds is 4. The van der Waals surface area contributed by atoms with Crippen LogP contribution in [0.5, 0.6) is 0 Å². The molecule has 8 aromatic rings. The molecule has 210 valence electrons. The second kappa shape index (κ2) is 10.3. The van der Waals surface area contributed by atoms with Crippen LogP contribution < -0.4 is 0 Å². The lowest BCUT2D eigenvalue weighted by Crippen LogP contribution is -2.11. The Morgan fingerprint density at radius 1 is 0.545 bits per heavy atom. The summed E-state index contributed by atoms with van der Waals surface area (Å²) in [5, 5.41) is 8.49. The molecule has 9 rings (SSSR count). The third-order valence-electron chi connectivity index (χ3n) is 8.97. The molecule has 0 aliphatic heterocycles. The summed E-state index contributed by atoms with van der Waals surface area (Å²) in [7, 11) is -0.694. The second-order valence-electron chi connectivity index (χ2n) is 11.5. The zero-order valence-corrected chi connectivity index (χ0v) is 25.1. The highest BCUT2D eigenvalue weighted by molar-refractivity contribution is 7.68. The minimum atomic E-state index is -0.694. The molecule has 0 radical (unpaired) electrons. The smallest absolute Gasteiger partial charge is 0.238 e. The van der Waals surface area contributed by atoms with E-state index in [0.29, 0.717) is 17.6 Å². The molecule has 1 atom stereocenters. The lowest BCUT2D eigenvalue weighted by atomic mass is 9.95. The van der Waals surface area contributed by atoms with Crippen molar-refractivity contribution in [3.63, 3.8) is 0 Å². The molecule has 0 N–H and O–H groups in total. The SMILES string of the molecule is c1ccc(-c2nc(-c3ccccc3)nc(-n3c4c(c5c3ccc3c6ccccc6p(-c6ccccc6)c35)CCCC4)n2)cc1. The molecule has 0 fully saturated rings. The van der Waals surface area contributed by atoms with Crippen molar-refractivity contribution in [3.05, 3.63) is 139 Å². The van der Waals surface area contributed by atoms with Crippen molar-refractivity contribution in [3.8, 4) is 34.0 Å². The predicted molar refractivity (Wildman–Crippen MR) is 183 cm³/mol. The van der Waals surface area contributed by atoms with Gasteiger partial charge in [-0.25, -0.2) is 4.98 Å².